The molecule has 0 bridgehead atoms. The van der Waals surface area contributed by atoms with Gasteiger partial charge in [-0.25, -0.2) is 0 Å². The molecule has 1 amide bonds. The average molecular weight is 347 g/mol. The second kappa shape index (κ2) is 9.42. The standard InChI is InChI=1S/C19H23ClN2O2/c1-14(11-19(24)22-18-4-2-3-17(20)12-18)21-10-9-15-5-7-16(13-23)8-6-15/h2-8,12,14,21,23H,9-11,13H2,1H3,(H,22,24). The summed E-state index contributed by atoms with van der Waals surface area (Å²) in [6.45, 7) is 2.85. The number of carbonyl (C=O) groups excluding carboxylic acids is 1. The van der Waals surface area contributed by atoms with E-state index in [1.807, 2.05) is 43.3 Å². The maximum absolute atomic E-state index is 12.0. The van der Waals surface area contributed by atoms with Crippen LogP contribution in [0.5, 0.6) is 0 Å². The molecule has 3 N–H and O–H groups in total. The number of hydrogen-bond acceptors (Lipinski definition) is 3. The Balaban J connectivity index is 1.70. The van der Waals surface area contributed by atoms with Crippen LogP contribution < -0.4 is 10.6 Å². The number of hydrogen-bond donors (Lipinski definition) is 3. The van der Waals surface area contributed by atoms with Gasteiger partial charge in [0.15, 0.2) is 0 Å². The van der Waals surface area contributed by atoms with Crippen molar-refractivity contribution < 1.29 is 9.90 Å². The summed E-state index contributed by atoms with van der Waals surface area (Å²) in [4.78, 5) is 12.0. The number of amides is 1. The molecule has 0 radical (unpaired) electrons. The van der Waals surface area contributed by atoms with Crippen molar-refractivity contribution in [1.29, 1.82) is 0 Å². The lowest BCUT2D eigenvalue weighted by Gasteiger charge is -2.14. The van der Waals surface area contributed by atoms with Gasteiger partial charge in [-0.1, -0.05) is 41.9 Å². The highest BCUT2D eigenvalue weighted by Gasteiger charge is 2.09. The largest absolute Gasteiger partial charge is 0.392 e. The molecule has 4 nitrogen and oxygen atoms in total. The number of benzene rings is 2. The molecule has 2 aromatic rings. The summed E-state index contributed by atoms with van der Waals surface area (Å²) < 4.78 is 0. The quantitative estimate of drug-likeness (QED) is 0.686. The molecule has 0 spiro atoms. The van der Waals surface area contributed by atoms with E-state index < -0.39 is 0 Å². The first-order valence-corrected chi connectivity index (χ1v) is 8.42. The number of nitrogens with one attached hydrogen (secondary N) is 2. The molecule has 0 aliphatic heterocycles. The summed E-state index contributed by atoms with van der Waals surface area (Å²) in [7, 11) is 0. The zero-order valence-electron chi connectivity index (χ0n) is 13.8. The molecule has 0 aliphatic carbocycles. The fourth-order valence-electron chi connectivity index (χ4n) is 2.40. The Morgan fingerprint density at radius 2 is 1.88 bits per heavy atom. The molecule has 24 heavy (non-hydrogen) atoms. The third kappa shape index (κ3) is 6.32. The molecule has 2 rings (SSSR count). The summed E-state index contributed by atoms with van der Waals surface area (Å²) in [5, 5.41) is 15.8. The van der Waals surface area contributed by atoms with E-state index in [1.165, 1.54) is 5.56 Å². The van der Waals surface area contributed by atoms with Crippen LogP contribution >= 0.6 is 11.6 Å². The summed E-state index contributed by atoms with van der Waals surface area (Å²) in [6, 6.07) is 15.1. The maximum Gasteiger partial charge on any atom is 0.225 e. The minimum Gasteiger partial charge on any atom is -0.392 e. The minimum absolute atomic E-state index is 0.0374. The van der Waals surface area contributed by atoms with Crippen LogP contribution in [0.4, 0.5) is 5.69 Å². The molecule has 0 aliphatic rings. The molecule has 1 unspecified atom stereocenters. The van der Waals surface area contributed by atoms with Gasteiger partial charge in [0.05, 0.1) is 6.61 Å². The number of aliphatic hydroxyl groups is 1. The lowest BCUT2D eigenvalue weighted by atomic mass is 10.1. The van der Waals surface area contributed by atoms with Gasteiger partial charge in [-0.3, -0.25) is 4.79 Å². The van der Waals surface area contributed by atoms with Gasteiger partial charge in [0.2, 0.25) is 5.91 Å². The molecule has 1 atom stereocenters. The number of rotatable bonds is 8. The second-order valence-electron chi connectivity index (χ2n) is 5.84. The molecule has 0 aromatic heterocycles. The smallest absolute Gasteiger partial charge is 0.225 e. The Hall–Kier alpha value is -1.88. The van der Waals surface area contributed by atoms with Crippen LogP contribution in [0, 0.1) is 0 Å². The molecule has 0 fully saturated rings. The Kier molecular flexibility index (Phi) is 7.25. The van der Waals surface area contributed by atoms with Crippen LogP contribution in [-0.2, 0) is 17.8 Å². The van der Waals surface area contributed by atoms with Gasteiger partial charge in [-0.2, -0.15) is 0 Å². The van der Waals surface area contributed by atoms with Crippen molar-refractivity contribution in [2.75, 3.05) is 11.9 Å². The van der Waals surface area contributed by atoms with Crippen LogP contribution in [0.1, 0.15) is 24.5 Å². The van der Waals surface area contributed by atoms with Crippen molar-refractivity contribution >= 4 is 23.2 Å². The number of halogens is 1. The third-order valence-corrected chi connectivity index (χ3v) is 3.95. The lowest BCUT2D eigenvalue weighted by Crippen LogP contribution is -2.32. The first-order chi connectivity index (χ1) is 11.6. The van der Waals surface area contributed by atoms with Crippen LogP contribution in [0.25, 0.3) is 0 Å². The monoisotopic (exact) mass is 346 g/mol. The lowest BCUT2D eigenvalue weighted by molar-refractivity contribution is -0.116. The Morgan fingerprint density at radius 1 is 1.17 bits per heavy atom. The SMILES string of the molecule is CC(CC(=O)Nc1cccc(Cl)c1)NCCc1ccc(CO)cc1. The predicted octanol–water partition coefficient (Wildman–Crippen LogP) is 3.38. The van der Waals surface area contributed by atoms with Crippen molar-refractivity contribution in [2.45, 2.75) is 32.4 Å². The van der Waals surface area contributed by atoms with Crippen LogP contribution in [0.2, 0.25) is 5.02 Å². The van der Waals surface area contributed by atoms with Gasteiger partial charge in [0.1, 0.15) is 0 Å². The molecule has 0 heterocycles. The van der Waals surface area contributed by atoms with Gasteiger partial charge < -0.3 is 15.7 Å². The Morgan fingerprint density at radius 3 is 2.54 bits per heavy atom. The molecule has 0 saturated carbocycles. The van der Waals surface area contributed by atoms with E-state index >= 15 is 0 Å². The van der Waals surface area contributed by atoms with Crippen LogP contribution in [0.3, 0.4) is 0 Å². The van der Waals surface area contributed by atoms with E-state index in [0.29, 0.717) is 17.1 Å². The van der Waals surface area contributed by atoms with E-state index in [2.05, 4.69) is 10.6 Å². The summed E-state index contributed by atoms with van der Waals surface area (Å²) >= 11 is 5.90. The van der Waals surface area contributed by atoms with E-state index in [4.69, 9.17) is 16.7 Å². The molecular formula is C19H23ClN2O2. The van der Waals surface area contributed by atoms with Gasteiger partial charge in [-0.05, 0) is 49.2 Å². The highest BCUT2D eigenvalue weighted by atomic mass is 35.5. The van der Waals surface area contributed by atoms with Gasteiger partial charge in [0.25, 0.3) is 0 Å². The zero-order chi connectivity index (χ0) is 17.4. The van der Waals surface area contributed by atoms with Crippen molar-refractivity contribution in [2.24, 2.45) is 0 Å². The minimum atomic E-state index is -0.0374. The maximum atomic E-state index is 12.0. The van der Waals surface area contributed by atoms with Crippen molar-refractivity contribution in [3.63, 3.8) is 0 Å². The Labute approximate surface area is 147 Å². The van der Waals surface area contributed by atoms with Crippen LogP contribution in [0.15, 0.2) is 48.5 Å². The molecular weight excluding hydrogens is 324 g/mol. The molecule has 128 valence electrons. The van der Waals surface area contributed by atoms with E-state index in [-0.39, 0.29) is 18.6 Å². The normalized spacial score (nSPS) is 12.0. The number of carbonyl (C=O) groups is 1. The third-order valence-electron chi connectivity index (χ3n) is 3.71. The summed E-state index contributed by atoms with van der Waals surface area (Å²) in [5.74, 6) is -0.0374. The highest BCUT2D eigenvalue weighted by Crippen LogP contribution is 2.15. The summed E-state index contributed by atoms with van der Waals surface area (Å²) in [6.07, 6.45) is 1.28. The van der Waals surface area contributed by atoms with Gasteiger partial charge in [-0.15, -0.1) is 0 Å². The fraction of sp³-hybridized carbons (Fsp3) is 0.316. The van der Waals surface area contributed by atoms with Crippen molar-refractivity contribution in [3.05, 3.63) is 64.7 Å². The molecule has 0 saturated heterocycles. The predicted molar refractivity (Wildman–Crippen MR) is 98.2 cm³/mol. The van der Waals surface area contributed by atoms with Gasteiger partial charge >= 0.3 is 0 Å². The zero-order valence-corrected chi connectivity index (χ0v) is 14.5. The summed E-state index contributed by atoms with van der Waals surface area (Å²) in [5.41, 5.74) is 2.83. The molecule has 2 aromatic carbocycles. The van der Waals surface area contributed by atoms with E-state index in [0.717, 1.165) is 18.5 Å². The molecule has 5 heteroatoms. The fourth-order valence-corrected chi connectivity index (χ4v) is 2.59. The van der Waals surface area contributed by atoms with E-state index in [1.54, 1.807) is 12.1 Å². The first-order valence-electron chi connectivity index (χ1n) is 8.04. The van der Waals surface area contributed by atoms with Crippen molar-refractivity contribution in [3.8, 4) is 0 Å². The van der Waals surface area contributed by atoms with Crippen LogP contribution in [-0.4, -0.2) is 23.6 Å². The first kappa shape index (κ1) is 18.5. The number of anilines is 1. The second-order valence-corrected chi connectivity index (χ2v) is 6.28. The number of aliphatic hydroxyl groups excluding tert-OH is 1. The highest BCUT2D eigenvalue weighted by molar-refractivity contribution is 6.30. The van der Waals surface area contributed by atoms with Gasteiger partial charge in [0, 0.05) is 23.2 Å². The van der Waals surface area contributed by atoms with Crippen molar-refractivity contribution in [1.82, 2.24) is 5.32 Å². The van der Waals surface area contributed by atoms with E-state index in [9.17, 15) is 4.79 Å². The Bertz CT molecular complexity index is 659. The topological polar surface area (TPSA) is 61.4 Å². The average Bonchev–Trinajstić information content (AvgIpc) is 2.55.